The minimum atomic E-state index is -2.92. The topological polar surface area (TPSA) is 47.6 Å². The molecule has 1 unspecified atom stereocenters. The predicted molar refractivity (Wildman–Crippen MR) is 69.1 cm³/mol. The number of nitrogens with one attached hydrogen (secondary N) is 1. The number of hydrogen-bond donors (Lipinski definition) is 1. The molecule has 1 aliphatic rings. The summed E-state index contributed by atoms with van der Waals surface area (Å²) in [6.07, 6.45) is 1.53. The van der Waals surface area contributed by atoms with Crippen LogP contribution in [0, 0.1) is 0 Å². The van der Waals surface area contributed by atoms with E-state index in [1.54, 1.807) is 18.2 Å². The Labute approximate surface area is 116 Å². The first-order valence-corrected chi connectivity index (χ1v) is 6.35. The van der Waals surface area contributed by atoms with Gasteiger partial charge in [-0.15, -0.1) is 0 Å². The Morgan fingerprint density at radius 1 is 1.45 bits per heavy atom. The first kappa shape index (κ1) is 14.6. The molecule has 6 heteroatoms. The van der Waals surface area contributed by atoms with Gasteiger partial charge in [0.2, 0.25) is 5.91 Å². The van der Waals surface area contributed by atoms with Crippen LogP contribution in [0.15, 0.2) is 18.2 Å². The summed E-state index contributed by atoms with van der Waals surface area (Å²) in [6.45, 7) is -1.03. The second-order valence-electron chi connectivity index (χ2n) is 5.11. The maximum absolute atomic E-state index is 12.5. The van der Waals surface area contributed by atoms with E-state index in [0.29, 0.717) is 24.8 Å². The monoisotopic (exact) mass is 285 g/mol. The molecule has 1 atom stereocenters. The molecule has 1 N–H and O–H groups in total. The van der Waals surface area contributed by atoms with Crippen LogP contribution in [-0.2, 0) is 11.2 Å². The van der Waals surface area contributed by atoms with Crippen molar-refractivity contribution < 1.29 is 23.0 Å². The van der Waals surface area contributed by atoms with Gasteiger partial charge in [0, 0.05) is 17.5 Å². The molecule has 1 amide bonds. The smallest absolute Gasteiger partial charge is 0.387 e. The summed E-state index contributed by atoms with van der Waals surface area (Å²) < 4.78 is 34.7. The molecule has 1 aliphatic heterocycles. The summed E-state index contributed by atoms with van der Waals surface area (Å²) in [7, 11) is 1.40. The average molecular weight is 285 g/mol. The number of carbonyl (C=O) groups is 1. The Kier molecular flexibility index (Phi) is 4.11. The highest BCUT2D eigenvalue weighted by molar-refractivity contribution is 5.79. The second kappa shape index (κ2) is 5.64. The molecule has 0 aromatic heterocycles. The number of para-hydroxylation sites is 1. The summed E-state index contributed by atoms with van der Waals surface area (Å²) in [5.74, 6) is 0.273. The number of carbonyl (C=O) groups excluding carboxylic acids is 1. The predicted octanol–water partition coefficient (Wildman–Crippen LogP) is 2.51. The first-order chi connectivity index (χ1) is 9.43. The highest BCUT2D eigenvalue weighted by Crippen LogP contribution is 2.36. The van der Waals surface area contributed by atoms with Gasteiger partial charge in [-0.05, 0) is 25.8 Å². The van der Waals surface area contributed by atoms with E-state index >= 15 is 0 Å². The molecular formula is C14H17F2NO3. The molecule has 0 saturated carbocycles. The SMILES string of the molecule is COc1cccc(CC2(C)CCC(=O)N2)c1OC(F)F. The van der Waals surface area contributed by atoms with Gasteiger partial charge >= 0.3 is 6.61 Å². The van der Waals surface area contributed by atoms with Crippen LogP contribution < -0.4 is 14.8 Å². The lowest BCUT2D eigenvalue weighted by atomic mass is 9.91. The Morgan fingerprint density at radius 2 is 2.20 bits per heavy atom. The van der Waals surface area contributed by atoms with Gasteiger partial charge in [-0.25, -0.2) is 0 Å². The number of benzene rings is 1. The van der Waals surface area contributed by atoms with E-state index in [1.165, 1.54) is 7.11 Å². The summed E-state index contributed by atoms with van der Waals surface area (Å²) in [4.78, 5) is 11.3. The summed E-state index contributed by atoms with van der Waals surface area (Å²) in [6, 6.07) is 4.99. The molecule has 2 rings (SSSR count). The fourth-order valence-corrected chi connectivity index (χ4v) is 2.49. The molecule has 0 radical (unpaired) electrons. The third kappa shape index (κ3) is 3.18. The Bertz CT molecular complexity index is 507. The minimum absolute atomic E-state index is 0.0216. The van der Waals surface area contributed by atoms with Gasteiger partial charge < -0.3 is 14.8 Å². The molecule has 1 aromatic rings. The normalized spacial score (nSPS) is 21.9. The van der Waals surface area contributed by atoms with Gasteiger partial charge in [-0.2, -0.15) is 8.78 Å². The van der Waals surface area contributed by atoms with Gasteiger partial charge in [0.25, 0.3) is 0 Å². The van der Waals surface area contributed by atoms with Crippen molar-refractivity contribution in [3.8, 4) is 11.5 Å². The van der Waals surface area contributed by atoms with Crippen LogP contribution >= 0.6 is 0 Å². The van der Waals surface area contributed by atoms with Crippen molar-refractivity contribution in [3.63, 3.8) is 0 Å². The van der Waals surface area contributed by atoms with Crippen molar-refractivity contribution >= 4 is 5.91 Å². The maximum atomic E-state index is 12.5. The Hall–Kier alpha value is -1.85. The lowest BCUT2D eigenvalue weighted by Crippen LogP contribution is -2.40. The zero-order chi connectivity index (χ0) is 14.8. The third-order valence-electron chi connectivity index (χ3n) is 3.41. The minimum Gasteiger partial charge on any atom is -0.493 e. The molecule has 0 bridgehead atoms. The number of ether oxygens (including phenoxy) is 2. The van der Waals surface area contributed by atoms with Crippen molar-refractivity contribution in [2.75, 3.05) is 7.11 Å². The van der Waals surface area contributed by atoms with Crippen molar-refractivity contribution in [1.82, 2.24) is 5.32 Å². The lowest BCUT2D eigenvalue weighted by molar-refractivity contribution is -0.119. The lowest BCUT2D eigenvalue weighted by Gasteiger charge is -2.25. The zero-order valence-corrected chi connectivity index (χ0v) is 11.4. The molecule has 1 aromatic carbocycles. The van der Waals surface area contributed by atoms with E-state index in [1.807, 2.05) is 6.92 Å². The van der Waals surface area contributed by atoms with Gasteiger partial charge in [0.1, 0.15) is 0 Å². The first-order valence-electron chi connectivity index (χ1n) is 6.35. The van der Waals surface area contributed by atoms with Gasteiger partial charge in [-0.1, -0.05) is 12.1 Å². The van der Waals surface area contributed by atoms with Gasteiger partial charge in [0.15, 0.2) is 11.5 Å². The highest BCUT2D eigenvalue weighted by atomic mass is 19.3. The van der Waals surface area contributed by atoms with Gasteiger partial charge in [-0.3, -0.25) is 4.79 Å². The molecular weight excluding hydrogens is 268 g/mol. The standard InChI is InChI=1S/C14H17F2NO3/c1-14(7-6-11(18)17-14)8-9-4-3-5-10(19-2)12(9)20-13(15)16/h3-5,13H,6-8H2,1-2H3,(H,17,18). The van der Waals surface area contributed by atoms with Crippen LogP contribution in [0.3, 0.4) is 0 Å². The van der Waals surface area contributed by atoms with E-state index in [4.69, 9.17) is 4.74 Å². The second-order valence-corrected chi connectivity index (χ2v) is 5.11. The van der Waals surface area contributed by atoms with Crippen molar-refractivity contribution in [1.29, 1.82) is 0 Å². The molecule has 0 aliphatic carbocycles. The molecule has 1 heterocycles. The van der Waals surface area contributed by atoms with Crippen LogP contribution in [-0.4, -0.2) is 25.2 Å². The van der Waals surface area contributed by atoms with Crippen LogP contribution in [0.25, 0.3) is 0 Å². The molecule has 1 fully saturated rings. The van der Waals surface area contributed by atoms with Crippen LogP contribution in [0.4, 0.5) is 8.78 Å². The molecule has 1 saturated heterocycles. The van der Waals surface area contributed by atoms with Crippen LogP contribution in [0.2, 0.25) is 0 Å². The number of hydrogen-bond acceptors (Lipinski definition) is 3. The van der Waals surface area contributed by atoms with Crippen molar-refractivity contribution in [2.24, 2.45) is 0 Å². The fourth-order valence-electron chi connectivity index (χ4n) is 2.49. The maximum Gasteiger partial charge on any atom is 0.387 e. The highest BCUT2D eigenvalue weighted by Gasteiger charge is 2.34. The van der Waals surface area contributed by atoms with Crippen LogP contribution in [0.1, 0.15) is 25.3 Å². The largest absolute Gasteiger partial charge is 0.493 e. The Balaban J connectivity index is 2.28. The number of alkyl halides is 2. The van der Waals surface area contributed by atoms with Crippen LogP contribution in [0.5, 0.6) is 11.5 Å². The average Bonchev–Trinajstić information content (AvgIpc) is 2.70. The fraction of sp³-hybridized carbons (Fsp3) is 0.500. The zero-order valence-electron chi connectivity index (χ0n) is 11.4. The van der Waals surface area contributed by atoms with E-state index in [0.717, 1.165) is 0 Å². The van der Waals surface area contributed by atoms with Crippen molar-refractivity contribution in [3.05, 3.63) is 23.8 Å². The molecule has 4 nitrogen and oxygen atoms in total. The van der Waals surface area contributed by atoms with Crippen molar-refractivity contribution in [2.45, 2.75) is 38.3 Å². The van der Waals surface area contributed by atoms with E-state index in [9.17, 15) is 13.6 Å². The number of halogens is 2. The number of amides is 1. The molecule has 0 spiro atoms. The summed E-state index contributed by atoms with van der Waals surface area (Å²) in [5.41, 5.74) is 0.151. The third-order valence-corrected chi connectivity index (χ3v) is 3.41. The van der Waals surface area contributed by atoms with E-state index in [-0.39, 0.29) is 17.4 Å². The van der Waals surface area contributed by atoms with E-state index < -0.39 is 12.2 Å². The quantitative estimate of drug-likeness (QED) is 0.904. The number of rotatable bonds is 5. The summed E-state index contributed by atoms with van der Waals surface area (Å²) >= 11 is 0. The molecule has 110 valence electrons. The van der Waals surface area contributed by atoms with Gasteiger partial charge in [0.05, 0.1) is 7.11 Å². The Morgan fingerprint density at radius 3 is 2.75 bits per heavy atom. The van der Waals surface area contributed by atoms with E-state index in [2.05, 4.69) is 10.1 Å². The number of methoxy groups -OCH3 is 1. The molecule has 20 heavy (non-hydrogen) atoms. The summed E-state index contributed by atoms with van der Waals surface area (Å²) in [5, 5.41) is 2.87.